The normalized spacial score (nSPS) is 29.3. The van der Waals surface area contributed by atoms with Gasteiger partial charge in [-0.1, -0.05) is 32.4 Å². The van der Waals surface area contributed by atoms with Crippen molar-refractivity contribution < 1.29 is 5.11 Å². The lowest BCUT2D eigenvalue weighted by Crippen LogP contribution is -2.27. The van der Waals surface area contributed by atoms with Crippen LogP contribution >= 0.6 is 0 Å². The van der Waals surface area contributed by atoms with E-state index in [9.17, 15) is 5.11 Å². The molecule has 0 heterocycles. The Morgan fingerprint density at radius 2 is 1.91 bits per heavy atom. The third-order valence-corrected chi connectivity index (χ3v) is 2.93. The van der Waals surface area contributed by atoms with Crippen LogP contribution in [-0.4, -0.2) is 5.11 Å². The third-order valence-electron chi connectivity index (χ3n) is 2.93. The fourth-order valence-electron chi connectivity index (χ4n) is 1.36. The minimum atomic E-state index is -0.0845. The van der Waals surface area contributed by atoms with E-state index in [2.05, 4.69) is 27.7 Å². The maximum Gasteiger partial charge on any atom is 0.0984 e. The van der Waals surface area contributed by atoms with Gasteiger partial charge in [-0.15, -0.1) is 0 Å². The molecular weight excluding hydrogens is 136 g/mol. The topological polar surface area (TPSA) is 20.2 Å². The zero-order valence-corrected chi connectivity index (χ0v) is 7.68. The molecule has 0 amide bonds. The Balaban J connectivity index is 3.03. The summed E-state index contributed by atoms with van der Waals surface area (Å²) in [5.74, 6) is 0.933. The van der Waals surface area contributed by atoms with Gasteiger partial charge in [-0.05, 0) is 18.9 Å². The summed E-state index contributed by atoms with van der Waals surface area (Å²) in [5, 5.41) is 9.54. The van der Waals surface area contributed by atoms with Gasteiger partial charge in [0, 0.05) is 5.41 Å². The lowest BCUT2D eigenvalue weighted by atomic mass is 9.72. The van der Waals surface area contributed by atoms with E-state index in [0.717, 1.165) is 0 Å². The molecule has 0 saturated carbocycles. The van der Waals surface area contributed by atoms with E-state index in [1.165, 1.54) is 5.57 Å². The standard InChI is InChI=1S/C10H16O/c1-7-5-6-9(11)10(3,4)8(7)2/h5-6,8,11H,1-4H3. The summed E-state index contributed by atoms with van der Waals surface area (Å²) in [6, 6.07) is 0. The van der Waals surface area contributed by atoms with Gasteiger partial charge in [0.2, 0.25) is 0 Å². The Kier molecular flexibility index (Phi) is 1.83. The first-order valence-corrected chi connectivity index (χ1v) is 4.04. The number of rotatable bonds is 0. The van der Waals surface area contributed by atoms with Gasteiger partial charge in [0.05, 0.1) is 5.76 Å². The van der Waals surface area contributed by atoms with E-state index in [1.807, 2.05) is 6.08 Å². The quantitative estimate of drug-likeness (QED) is 0.565. The van der Waals surface area contributed by atoms with Crippen molar-refractivity contribution in [2.75, 3.05) is 0 Å². The summed E-state index contributed by atoms with van der Waals surface area (Å²) in [4.78, 5) is 0. The molecule has 0 saturated heterocycles. The third kappa shape index (κ3) is 1.20. The second-order valence-corrected chi connectivity index (χ2v) is 3.91. The molecule has 1 N–H and O–H groups in total. The minimum Gasteiger partial charge on any atom is -0.512 e. The fraction of sp³-hybridized carbons (Fsp3) is 0.600. The first-order valence-electron chi connectivity index (χ1n) is 4.04. The van der Waals surface area contributed by atoms with Crippen LogP contribution in [0.15, 0.2) is 23.5 Å². The zero-order valence-electron chi connectivity index (χ0n) is 7.68. The van der Waals surface area contributed by atoms with Crippen molar-refractivity contribution in [3.8, 4) is 0 Å². The molecule has 11 heavy (non-hydrogen) atoms. The Hall–Kier alpha value is -0.720. The van der Waals surface area contributed by atoms with Crippen LogP contribution in [0.4, 0.5) is 0 Å². The van der Waals surface area contributed by atoms with Crippen molar-refractivity contribution in [3.63, 3.8) is 0 Å². The number of aliphatic hydroxyl groups is 1. The van der Waals surface area contributed by atoms with Crippen LogP contribution in [0.5, 0.6) is 0 Å². The van der Waals surface area contributed by atoms with Crippen LogP contribution in [-0.2, 0) is 0 Å². The highest BCUT2D eigenvalue weighted by molar-refractivity contribution is 5.27. The van der Waals surface area contributed by atoms with Crippen LogP contribution < -0.4 is 0 Å². The lowest BCUT2D eigenvalue weighted by molar-refractivity contribution is 0.201. The molecule has 0 bridgehead atoms. The Morgan fingerprint density at radius 3 is 2.36 bits per heavy atom. The molecule has 1 aliphatic rings. The second kappa shape index (κ2) is 2.40. The number of hydrogen-bond acceptors (Lipinski definition) is 1. The SMILES string of the molecule is CC1=CC=C(O)C(C)(C)C1C. The van der Waals surface area contributed by atoms with Gasteiger partial charge < -0.3 is 5.11 Å². The van der Waals surface area contributed by atoms with E-state index < -0.39 is 0 Å². The molecular formula is C10H16O. The summed E-state index contributed by atoms with van der Waals surface area (Å²) in [5.41, 5.74) is 1.26. The Labute approximate surface area is 68.4 Å². The minimum absolute atomic E-state index is 0.0845. The monoisotopic (exact) mass is 152 g/mol. The highest BCUT2D eigenvalue weighted by Gasteiger charge is 2.32. The largest absolute Gasteiger partial charge is 0.512 e. The Morgan fingerprint density at radius 1 is 1.36 bits per heavy atom. The molecule has 1 rings (SSSR count). The van der Waals surface area contributed by atoms with E-state index in [4.69, 9.17) is 0 Å². The predicted molar refractivity (Wildman–Crippen MR) is 47.4 cm³/mol. The van der Waals surface area contributed by atoms with Crippen molar-refractivity contribution in [2.24, 2.45) is 11.3 Å². The molecule has 0 aromatic rings. The predicted octanol–water partition coefficient (Wildman–Crippen LogP) is 3.05. The van der Waals surface area contributed by atoms with Crippen molar-refractivity contribution >= 4 is 0 Å². The maximum atomic E-state index is 9.54. The van der Waals surface area contributed by atoms with Crippen molar-refractivity contribution in [1.82, 2.24) is 0 Å². The van der Waals surface area contributed by atoms with Crippen molar-refractivity contribution in [2.45, 2.75) is 27.7 Å². The average Bonchev–Trinajstić information content (AvgIpc) is 1.95. The van der Waals surface area contributed by atoms with Crippen LogP contribution in [0, 0.1) is 11.3 Å². The molecule has 1 heteroatoms. The van der Waals surface area contributed by atoms with Crippen LogP contribution in [0.2, 0.25) is 0 Å². The average molecular weight is 152 g/mol. The van der Waals surface area contributed by atoms with E-state index in [-0.39, 0.29) is 5.41 Å². The number of allylic oxidation sites excluding steroid dienone is 4. The smallest absolute Gasteiger partial charge is 0.0984 e. The molecule has 62 valence electrons. The van der Waals surface area contributed by atoms with E-state index in [1.54, 1.807) is 6.08 Å². The van der Waals surface area contributed by atoms with Gasteiger partial charge in [-0.3, -0.25) is 0 Å². The summed E-state index contributed by atoms with van der Waals surface area (Å²) in [6.07, 6.45) is 3.79. The van der Waals surface area contributed by atoms with Crippen LogP contribution in [0.3, 0.4) is 0 Å². The Bertz CT molecular complexity index is 221. The van der Waals surface area contributed by atoms with Gasteiger partial charge in [0.1, 0.15) is 0 Å². The number of aliphatic hydroxyl groups excluding tert-OH is 1. The summed E-state index contributed by atoms with van der Waals surface area (Å²) < 4.78 is 0. The van der Waals surface area contributed by atoms with Crippen molar-refractivity contribution in [3.05, 3.63) is 23.5 Å². The first kappa shape index (κ1) is 8.38. The molecule has 1 unspecified atom stereocenters. The zero-order chi connectivity index (χ0) is 8.65. The molecule has 0 aromatic heterocycles. The molecule has 0 fully saturated rings. The lowest BCUT2D eigenvalue weighted by Gasteiger charge is -2.34. The maximum absolute atomic E-state index is 9.54. The molecule has 0 radical (unpaired) electrons. The van der Waals surface area contributed by atoms with Crippen molar-refractivity contribution in [1.29, 1.82) is 0 Å². The van der Waals surface area contributed by atoms with Crippen LogP contribution in [0.25, 0.3) is 0 Å². The summed E-state index contributed by atoms with van der Waals surface area (Å²) in [6.45, 7) is 8.39. The summed E-state index contributed by atoms with van der Waals surface area (Å²) in [7, 11) is 0. The van der Waals surface area contributed by atoms with Gasteiger partial charge >= 0.3 is 0 Å². The second-order valence-electron chi connectivity index (χ2n) is 3.91. The summed E-state index contributed by atoms with van der Waals surface area (Å²) >= 11 is 0. The van der Waals surface area contributed by atoms with Gasteiger partial charge in [0.15, 0.2) is 0 Å². The molecule has 0 aliphatic heterocycles. The van der Waals surface area contributed by atoms with Gasteiger partial charge in [-0.25, -0.2) is 0 Å². The van der Waals surface area contributed by atoms with E-state index >= 15 is 0 Å². The fourth-order valence-corrected chi connectivity index (χ4v) is 1.36. The highest BCUT2D eigenvalue weighted by atomic mass is 16.3. The van der Waals surface area contributed by atoms with Gasteiger partial charge in [-0.2, -0.15) is 0 Å². The molecule has 1 nitrogen and oxygen atoms in total. The highest BCUT2D eigenvalue weighted by Crippen LogP contribution is 2.40. The van der Waals surface area contributed by atoms with Crippen LogP contribution in [0.1, 0.15) is 27.7 Å². The van der Waals surface area contributed by atoms with E-state index in [0.29, 0.717) is 11.7 Å². The molecule has 0 spiro atoms. The molecule has 1 atom stereocenters. The number of hydrogen-bond donors (Lipinski definition) is 1. The van der Waals surface area contributed by atoms with Gasteiger partial charge in [0.25, 0.3) is 0 Å². The first-order chi connectivity index (χ1) is 4.96. The molecule has 1 aliphatic carbocycles. The molecule has 0 aromatic carbocycles.